The first kappa shape index (κ1) is 13.6. The third-order valence-corrected chi connectivity index (χ3v) is 2.55. The zero-order valence-corrected chi connectivity index (χ0v) is 10.4. The van der Waals surface area contributed by atoms with Crippen molar-refractivity contribution in [3.05, 3.63) is 30.1 Å². The smallest absolute Gasteiger partial charge is 0.220 e. The van der Waals surface area contributed by atoms with Crippen molar-refractivity contribution in [2.24, 2.45) is 0 Å². The SMILES string of the molecule is CC(C)(CCO)NC(=O)CCc1ccccn1. The fraction of sp³-hybridized carbons (Fsp3) is 0.538. The molecule has 0 aliphatic rings. The lowest BCUT2D eigenvalue weighted by Crippen LogP contribution is -2.44. The van der Waals surface area contributed by atoms with Gasteiger partial charge in [-0.3, -0.25) is 9.78 Å². The lowest BCUT2D eigenvalue weighted by atomic mass is 10.0. The summed E-state index contributed by atoms with van der Waals surface area (Å²) in [7, 11) is 0. The Kier molecular flexibility index (Phi) is 5.10. The van der Waals surface area contributed by atoms with Gasteiger partial charge in [0.25, 0.3) is 0 Å². The van der Waals surface area contributed by atoms with Gasteiger partial charge in [-0.2, -0.15) is 0 Å². The highest BCUT2D eigenvalue weighted by molar-refractivity contribution is 5.76. The van der Waals surface area contributed by atoms with Gasteiger partial charge in [0.1, 0.15) is 0 Å². The van der Waals surface area contributed by atoms with Crippen LogP contribution in [0.3, 0.4) is 0 Å². The molecule has 1 heterocycles. The maximum absolute atomic E-state index is 11.7. The van der Waals surface area contributed by atoms with Crippen LogP contribution in [-0.4, -0.2) is 28.1 Å². The number of aliphatic hydroxyl groups is 1. The third-order valence-electron chi connectivity index (χ3n) is 2.55. The summed E-state index contributed by atoms with van der Waals surface area (Å²) in [6.45, 7) is 3.89. The van der Waals surface area contributed by atoms with Gasteiger partial charge in [0.2, 0.25) is 5.91 Å². The molecule has 1 aromatic heterocycles. The van der Waals surface area contributed by atoms with E-state index in [-0.39, 0.29) is 18.1 Å². The summed E-state index contributed by atoms with van der Waals surface area (Å²) in [5.74, 6) is -0.00546. The van der Waals surface area contributed by atoms with Crippen molar-refractivity contribution in [3.63, 3.8) is 0 Å². The van der Waals surface area contributed by atoms with E-state index < -0.39 is 0 Å². The number of nitrogens with one attached hydrogen (secondary N) is 1. The number of hydrogen-bond acceptors (Lipinski definition) is 3. The van der Waals surface area contributed by atoms with Crippen LogP contribution in [0.5, 0.6) is 0 Å². The van der Waals surface area contributed by atoms with Gasteiger partial charge in [-0.25, -0.2) is 0 Å². The van der Waals surface area contributed by atoms with Crippen LogP contribution in [0, 0.1) is 0 Å². The lowest BCUT2D eigenvalue weighted by molar-refractivity contribution is -0.122. The molecule has 1 aromatic rings. The molecule has 0 saturated heterocycles. The second-order valence-corrected chi connectivity index (χ2v) is 4.73. The van der Waals surface area contributed by atoms with Crippen molar-refractivity contribution in [3.8, 4) is 0 Å². The fourth-order valence-corrected chi connectivity index (χ4v) is 1.57. The van der Waals surface area contributed by atoms with Crippen LogP contribution in [0.2, 0.25) is 0 Å². The molecule has 0 aliphatic carbocycles. The van der Waals surface area contributed by atoms with Crippen molar-refractivity contribution in [2.75, 3.05) is 6.61 Å². The molecule has 0 atom stereocenters. The first-order chi connectivity index (χ1) is 8.03. The number of carbonyl (C=O) groups is 1. The van der Waals surface area contributed by atoms with E-state index in [1.165, 1.54) is 0 Å². The Morgan fingerprint density at radius 1 is 1.47 bits per heavy atom. The second kappa shape index (κ2) is 6.35. The van der Waals surface area contributed by atoms with E-state index in [2.05, 4.69) is 10.3 Å². The van der Waals surface area contributed by atoms with Crippen LogP contribution in [0.15, 0.2) is 24.4 Å². The Balaban J connectivity index is 2.35. The predicted octanol–water partition coefficient (Wildman–Crippen LogP) is 1.29. The highest BCUT2D eigenvalue weighted by atomic mass is 16.3. The minimum atomic E-state index is -0.351. The average Bonchev–Trinajstić information content (AvgIpc) is 2.27. The molecule has 0 aliphatic heterocycles. The predicted molar refractivity (Wildman–Crippen MR) is 66.5 cm³/mol. The summed E-state index contributed by atoms with van der Waals surface area (Å²) in [6.07, 6.45) is 3.35. The average molecular weight is 236 g/mol. The molecule has 4 nitrogen and oxygen atoms in total. The largest absolute Gasteiger partial charge is 0.396 e. The number of aryl methyl sites for hydroxylation is 1. The summed E-state index contributed by atoms with van der Waals surface area (Å²) < 4.78 is 0. The van der Waals surface area contributed by atoms with Gasteiger partial charge in [0.15, 0.2) is 0 Å². The molecule has 0 saturated carbocycles. The summed E-state index contributed by atoms with van der Waals surface area (Å²) in [4.78, 5) is 15.8. The van der Waals surface area contributed by atoms with Gasteiger partial charge in [0, 0.05) is 30.5 Å². The van der Waals surface area contributed by atoms with Crippen LogP contribution in [0.1, 0.15) is 32.4 Å². The van der Waals surface area contributed by atoms with Crippen molar-refractivity contribution in [1.82, 2.24) is 10.3 Å². The Labute approximate surface area is 102 Å². The summed E-state index contributed by atoms with van der Waals surface area (Å²) >= 11 is 0. The minimum Gasteiger partial charge on any atom is -0.396 e. The molecular weight excluding hydrogens is 216 g/mol. The molecule has 0 unspecified atom stereocenters. The number of amides is 1. The summed E-state index contributed by atoms with van der Waals surface area (Å²) in [6, 6.07) is 5.68. The number of nitrogens with zero attached hydrogens (tertiary/aromatic N) is 1. The molecule has 0 bridgehead atoms. The highest BCUT2D eigenvalue weighted by Crippen LogP contribution is 2.08. The number of rotatable bonds is 6. The van der Waals surface area contributed by atoms with Gasteiger partial charge < -0.3 is 10.4 Å². The number of pyridine rings is 1. The summed E-state index contributed by atoms with van der Waals surface area (Å²) in [5.41, 5.74) is 0.568. The third kappa shape index (κ3) is 5.45. The zero-order chi connectivity index (χ0) is 12.7. The molecular formula is C13H20N2O2. The van der Waals surface area contributed by atoms with E-state index in [1.54, 1.807) is 6.20 Å². The molecule has 0 aromatic carbocycles. The Morgan fingerprint density at radius 2 is 2.24 bits per heavy atom. The Morgan fingerprint density at radius 3 is 2.82 bits per heavy atom. The van der Waals surface area contributed by atoms with Crippen LogP contribution in [0.25, 0.3) is 0 Å². The van der Waals surface area contributed by atoms with Crippen molar-refractivity contribution in [2.45, 2.75) is 38.6 Å². The Bertz CT molecular complexity index is 350. The molecule has 0 fully saturated rings. The normalized spacial score (nSPS) is 11.2. The van der Waals surface area contributed by atoms with Gasteiger partial charge in [-0.05, 0) is 38.8 Å². The van der Waals surface area contributed by atoms with Gasteiger partial charge in [-0.1, -0.05) is 6.07 Å². The van der Waals surface area contributed by atoms with E-state index in [0.717, 1.165) is 5.69 Å². The molecule has 1 amide bonds. The molecule has 17 heavy (non-hydrogen) atoms. The molecule has 2 N–H and O–H groups in total. The maximum atomic E-state index is 11.7. The standard InChI is InChI=1S/C13H20N2O2/c1-13(2,8-10-16)15-12(17)7-6-11-5-3-4-9-14-11/h3-5,9,16H,6-8,10H2,1-2H3,(H,15,17). The van der Waals surface area contributed by atoms with Gasteiger partial charge >= 0.3 is 0 Å². The van der Waals surface area contributed by atoms with E-state index in [9.17, 15) is 4.79 Å². The lowest BCUT2D eigenvalue weighted by Gasteiger charge is -2.25. The van der Waals surface area contributed by atoms with Crippen molar-refractivity contribution < 1.29 is 9.90 Å². The summed E-state index contributed by atoms with van der Waals surface area (Å²) in [5, 5.41) is 11.8. The van der Waals surface area contributed by atoms with Gasteiger partial charge in [-0.15, -0.1) is 0 Å². The maximum Gasteiger partial charge on any atom is 0.220 e. The first-order valence-corrected chi connectivity index (χ1v) is 5.85. The molecule has 1 rings (SSSR count). The molecule has 0 spiro atoms. The zero-order valence-electron chi connectivity index (χ0n) is 10.4. The van der Waals surface area contributed by atoms with Crippen LogP contribution < -0.4 is 5.32 Å². The quantitative estimate of drug-likeness (QED) is 0.782. The Hall–Kier alpha value is -1.42. The molecule has 94 valence electrons. The number of carbonyl (C=O) groups excluding carboxylic acids is 1. The highest BCUT2D eigenvalue weighted by Gasteiger charge is 2.19. The number of hydrogen-bond donors (Lipinski definition) is 2. The van der Waals surface area contributed by atoms with E-state index in [1.807, 2.05) is 32.0 Å². The molecule has 0 radical (unpaired) electrons. The fourth-order valence-electron chi connectivity index (χ4n) is 1.57. The van der Waals surface area contributed by atoms with Crippen molar-refractivity contribution in [1.29, 1.82) is 0 Å². The van der Waals surface area contributed by atoms with Crippen LogP contribution in [0.4, 0.5) is 0 Å². The first-order valence-electron chi connectivity index (χ1n) is 5.85. The van der Waals surface area contributed by atoms with E-state index in [4.69, 9.17) is 5.11 Å². The second-order valence-electron chi connectivity index (χ2n) is 4.73. The topological polar surface area (TPSA) is 62.2 Å². The minimum absolute atomic E-state index is 0.00546. The van der Waals surface area contributed by atoms with E-state index >= 15 is 0 Å². The van der Waals surface area contributed by atoms with Crippen LogP contribution in [-0.2, 0) is 11.2 Å². The van der Waals surface area contributed by atoms with Crippen molar-refractivity contribution >= 4 is 5.91 Å². The number of aromatic nitrogens is 1. The van der Waals surface area contributed by atoms with Crippen LogP contribution >= 0.6 is 0 Å². The van der Waals surface area contributed by atoms with E-state index in [0.29, 0.717) is 19.3 Å². The van der Waals surface area contributed by atoms with Gasteiger partial charge in [0.05, 0.1) is 0 Å². The number of aliphatic hydroxyl groups excluding tert-OH is 1. The molecule has 4 heteroatoms. The monoisotopic (exact) mass is 236 g/mol.